The van der Waals surface area contributed by atoms with E-state index in [1.807, 2.05) is 68.1 Å². The van der Waals surface area contributed by atoms with Gasteiger partial charge in [0.05, 0.1) is 5.69 Å². The second-order valence-corrected chi connectivity index (χ2v) is 22.1. The van der Waals surface area contributed by atoms with Crippen LogP contribution in [0.1, 0.15) is 113 Å². The molecule has 19 nitrogen and oxygen atoms in total. The van der Waals surface area contributed by atoms with Crippen LogP contribution < -0.4 is 20.4 Å². The summed E-state index contributed by atoms with van der Waals surface area (Å²) < 4.78 is 62.0. The number of H-pyrrole nitrogens is 1. The average molecular weight is 1040 g/mol. The number of carbonyl (C=O) groups excluding carboxylic acids is 2. The van der Waals surface area contributed by atoms with Crippen molar-refractivity contribution in [3.05, 3.63) is 92.2 Å². The number of hydrogen-bond acceptors (Lipinski definition) is 14. The lowest BCUT2D eigenvalue weighted by molar-refractivity contribution is -0.109. The lowest BCUT2D eigenvalue weighted by atomic mass is 10.0. The number of halogens is 2. The Labute approximate surface area is 422 Å². The first-order valence-electron chi connectivity index (χ1n) is 23.2. The standard InChI is InChI=1S/C25H38ClN5O6S.C23H33ClN4O4/c1-25(2,3)37-24(32)27-18-12-10-14-30(16-18)22-19(15-17-11-8-9-13-20(17)26)21(23(35-6)36-7)28-31(22)38(33,34)29(4)5;1-23(2,3)32-22(29)25-16-10-8-12-28(14-16)20-17(13-15-9-6-7-11-18(15)24)19(26-27-20)21(30-4)31-5/h8-9,11,13,18,23H,10,12,14-16H2,1-7H3,(H,27,32);6-7,9,11,16,21H,8,10,12-14H2,1-5H3,(H,25,29)(H,26,27)/t18-;16-/m11/s1. The molecule has 0 saturated carbocycles. The van der Waals surface area contributed by atoms with Crippen molar-refractivity contribution in [2.45, 2.75) is 116 Å². The van der Waals surface area contributed by atoms with Gasteiger partial charge in [0.15, 0.2) is 12.1 Å². The highest BCUT2D eigenvalue weighted by Crippen LogP contribution is 2.37. The van der Waals surface area contributed by atoms with Gasteiger partial charge < -0.3 is 48.9 Å². The third-order valence-electron chi connectivity index (χ3n) is 11.4. The molecule has 2 aliphatic rings. The Kier molecular flexibility index (Phi) is 19.8. The zero-order chi connectivity index (χ0) is 51.6. The number of anilines is 2. The summed E-state index contributed by atoms with van der Waals surface area (Å²) in [5.74, 6) is 1.19. The zero-order valence-corrected chi connectivity index (χ0v) is 44.8. The average Bonchev–Trinajstić information content (AvgIpc) is 3.87. The molecule has 2 atom stereocenters. The molecular formula is C48H71Cl2N9O10S. The number of alkyl carbamates (subject to hydrolysis) is 2. The lowest BCUT2D eigenvalue weighted by Gasteiger charge is -2.35. The van der Waals surface area contributed by atoms with Crippen LogP contribution in [0.15, 0.2) is 48.5 Å². The minimum atomic E-state index is -4.03. The van der Waals surface area contributed by atoms with Gasteiger partial charge >= 0.3 is 22.4 Å². The number of carbonyl (C=O) groups is 2. The van der Waals surface area contributed by atoms with Crippen LogP contribution in [0.25, 0.3) is 0 Å². The molecule has 3 N–H and O–H groups in total. The molecule has 0 aliphatic carbocycles. The predicted molar refractivity (Wildman–Crippen MR) is 270 cm³/mol. The maximum absolute atomic E-state index is 13.5. The summed E-state index contributed by atoms with van der Waals surface area (Å²) in [6, 6.07) is 14.8. The van der Waals surface area contributed by atoms with Gasteiger partial charge in [0, 0.05) is 115 Å². The smallest absolute Gasteiger partial charge is 0.407 e. The first-order valence-corrected chi connectivity index (χ1v) is 25.3. The van der Waals surface area contributed by atoms with E-state index in [1.165, 1.54) is 28.3 Å². The highest BCUT2D eigenvalue weighted by Gasteiger charge is 2.36. The fourth-order valence-electron chi connectivity index (χ4n) is 8.26. The van der Waals surface area contributed by atoms with Crippen molar-refractivity contribution in [3.63, 3.8) is 0 Å². The maximum Gasteiger partial charge on any atom is 0.407 e. The summed E-state index contributed by atoms with van der Waals surface area (Å²) in [6.07, 6.45) is 1.69. The van der Waals surface area contributed by atoms with Crippen molar-refractivity contribution >= 4 is 57.2 Å². The molecule has 2 aromatic carbocycles. The number of nitrogens with one attached hydrogen (secondary N) is 3. The number of piperidine rings is 2. The molecule has 4 aromatic rings. The van der Waals surface area contributed by atoms with Gasteiger partial charge in [0.1, 0.15) is 22.7 Å². The normalized spacial score (nSPS) is 16.9. The highest BCUT2D eigenvalue weighted by atomic mass is 35.5. The van der Waals surface area contributed by atoms with Crippen molar-refractivity contribution in [2.75, 3.05) is 78.5 Å². The van der Waals surface area contributed by atoms with Gasteiger partial charge in [0.2, 0.25) is 6.29 Å². The fraction of sp³-hybridized carbons (Fsp3) is 0.583. The van der Waals surface area contributed by atoms with Crippen LogP contribution in [0.3, 0.4) is 0 Å². The van der Waals surface area contributed by atoms with E-state index in [0.29, 0.717) is 59.6 Å². The van der Waals surface area contributed by atoms with Crippen LogP contribution in [0.5, 0.6) is 0 Å². The Morgan fingerprint density at radius 3 is 1.66 bits per heavy atom. The lowest BCUT2D eigenvalue weighted by Crippen LogP contribution is -2.50. The molecule has 0 spiro atoms. The van der Waals surface area contributed by atoms with E-state index in [4.69, 9.17) is 51.6 Å². The molecular weight excluding hydrogens is 966 g/mol. The minimum Gasteiger partial charge on any atom is -0.444 e. The van der Waals surface area contributed by atoms with Gasteiger partial charge in [-0.1, -0.05) is 59.6 Å². The van der Waals surface area contributed by atoms with Crippen molar-refractivity contribution in [3.8, 4) is 0 Å². The monoisotopic (exact) mass is 1040 g/mol. The number of ether oxygens (including phenoxy) is 6. The van der Waals surface area contributed by atoms with Crippen molar-refractivity contribution < 1.29 is 46.4 Å². The van der Waals surface area contributed by atoms with Gasteiger partial charge in [-0.15, -0.1) is 4.09 Å². The summed E-state index contributed by atoms with van der Waals surface area (Å²) in [5, 5.41) is 19.4. The fourth-order valence-corrected chi connectivity index (χ4v) is 9.61. The quantitative estimate of drug-likeness (QED) is 0.0911. The van der Waals surface area contributed by atoms with Crippen LogP contribution in [-0.2, 0) is 51.5 Å². The van der Waals surface area contributed by atoms with E-state index < -0.39 is 46.2 Å². The van der Waals surface area contributed by atoms with Gasteiger partial charge in [-0.25, -0.2) is 9.59 Å². The van der Waals surface area contributed by atoms with Gasteiger partial charge in [-0.05, 0) is 90.5 Å². The van der Waals surface area contributed by atoms with E-state index in [-0.39, 0.29) is 18.5 Å². The molecule has 6 rings (SSSR count). The number of aromatic nitrogens is 4. The minimum absolute atomic E-state index is 0.0347. The predicted octanol–water partition coefficient (Wildman–Crippen LogP) is 8.01. The third kappa shape index (κ3) is 14.9. The first kappa shape index (κ1) is 56.2. The van der Waals surface area contributed by atoms with Crippen LogP contribution in [0.2, 0.25) is 10.0 Å². The number of benzene rings is 2. The molecule has 70 heavy (non-hydrogen) atoms. The molecule has 4 heterocycles. The highest BCUT2D eigenvalue weighted by molar-refractivity contribution is 7.87. The van der Waals surface area contributed by atoms with E-state index >= 15 is 0 Å². The Balaban J connectivity index is 0.000000265. The Morgan fingerprint density at radius 1 is 0.743 bits per heavy atom. The SMILES string of the molecule is COC(OC)c1[nH]nc(N2CCC[C@@H](NC(=O)OC(C)(C)C)C2)c1Cc1ccccc1Cl.COC(OC)c1nn(S(=O)(=O)N(C)C)c(N2CCC[C@@H](NC(=O)OC(C)(C)C)C2)c1Cc1ccccc1Cl. The van der Waals surface area contributed by atoms with Crippen molar-refractivity contribution in [1.82, 2.24) is 34.3 Å². The van der Waals surface area contributed by atoms with Crippen molar-refractivity contribution in [1.29, 1.82) is 0 Å². The van der Waals surface area contributed by atoms with Crippen molar-refractivity contribution in [2.24, 2.45) is 0 Å². The second-order valence-electron chi connectivity index (χ2n) is 19.3. The number of aromatic amines is 1. The van der Waals surface area contributed by atoms with Crippen LogP contribution in [-0.4, -0.2) is 136 Å². The summed E-state index contributed by atoms with van der Waals surface area (Å²) >= 11 is 12.9. The molecule has 0 bridgehead atoms. The molecule has 2 aromatic heterocycles. The summed E-state index contributed by atoms with van der Waals surface area (Å²) in [6.45, 7) is 13.3. The summed E-state index contributed by atoms with van der Waals surface area (Å²) in [7, 11) is 4.98. The summed E-state index contributed by atoms with van der Waals surface area (Å²) in [4.78, 5) is 28.9. The number of rotatable bonds is 16. The number of hydrogen-bond donors (Lipinski definition) is 3. The van der Waals surface area contributed by atoms with E-state index in [1.54, 1.807) is 41.1 Å². The topological polar surface area (TPSA) is 204 Å². The molecule has 388 valence electrons. The first-order chi connectivity index (χ1) is 33.0. The van der Waals surface area contributed by atoms with E-state index in [9.17, 15) is 18.0 Å². The molecule has 2 amide bonds. The van der Waals surface area contributed by atoms with Gasteiger partial charge in [0.25, 0.3) is 0 Å². The molecule has 2 saturated heterocycles. The van der Waals surface area contributed by atoms with E-state index in [0.717, 1.165) is 62.4 Å². The number of amides is 2. The molecule has 22 heteroatoms. The number of nitrogens with zero attached hydrogens (tertiary/aromatic N) is 6. The Bertz CT molecular complexity index is 2470. The maximum atomic E-state index is 13.5. The molecule has 2 fully saturated rings. The van der Waals surface area contributed by atoms with Crippen LogP contribution in [0.4, 0.5) is 21.2 Å². The third-order valence-corrected chi connectivity index (χ3v) is 13.7. The second kappa shape index (κ2) is 24.6. The molecule has 0 unspecified atom stereocenters. The molecule has 0 radical (unpaired) electrons. The largest absolute Gasteiger partial charge is 0.444 e. The number of methoxy groups -OCH3 is 4. The van der Waals surface area contributed by atoms with Gasteiger partial charge in [-0.3, -0.25) is 5.10 Å². The Morgan fingerprint density at radius 2 is 1.20 bits per heavy atom. The van der Waals surface area contributed by atoms with Crippen LogP contribution >= 0.6 is 23.2 Å². The molecule has 2 aliphatic heterocycles. The Hall–Kier alpha value is -4.67. The van der Waals surface area contributed by atoms with E-state index in [2.05, 4.69) is 30.8 Å². The summed E-state index contributed by atoms with van der Waals surface area (Å²) in [5.41, 5.74) is 3.27. The zero-order valence-electron chi connectivity index (χ0n) is 42.4. The van der Waals surface area contributed by atoms with Gasteiger partial charge in [-0.2, -0.15) is 22.9 Å². The van der Waals surface area contributed by atoms with Crippen LogP contribution in [0, 0.1) is 0 Å².